The topological polar surface area (TPSA) is 55.4 Å². The van der Waals surface area contributed by atoms with Crippen LogP contribution in [0.4, 0.5) is 4.79 Å². The summed E-state index contributed by atoms with van der Waals surface area (Å²) in [5, 5.41) is 2.16. The molecule has 0 saturated carbocycles. The molecule has 0 radical (unpaired) electrons. The maximum atomic E-state index is 10.4. The molecule has 0 aromatic rings. The Labute approximate surface area is 59.0 Å². The SMILES string of the molecule is O=C1N/C(=C\Br)C(=O)O1. The van der Waals surface area contributed by atoms with Crippen molar-refractivity contribution in [3.8, 4) is 0 Å². The van der Waals surface area contributed by atoms with Gasteiger partial charge in [0.25, 0.3) is 0 Å². The second-order valence-electron chi connectivity index (χ2n) is 1.32. The first-order valence-electron chi connectivity index (χ1n) is 2.07. The van der Waals surface area contributed by atoms with E-state index in [2.05, 4.69) is 26.0 Å². The summed E-state index contributed by atoms with van der Waals surface area (Å²) in [5.74, 6) is -0.656. The zero-order valence-electron chi connectivity index (χ0n) is 4.18. The van der Waals surface area contributed by atoms with E-state index in [0.717, 1.165) is 0 Å². The average Bonchev–Trinajstić information content (AvgIpc) is 2.10. The van der Waals surface area contributed by atoms with Crippen molar-refractivity contribution in [2.75, 3.05) is 0 Å². The van der Waals surface area contributed by atoms with Crippen LogP contribution in [0.25, 0.3) is 0 Å². The Kier molecular flexibility index (Phi) is 1.52. The van der Waals surface area contributed by atoms with E-state index in [1.165, 1.54) is 4.99 Å². The van der Waals surface area contributed by atoms with Gasteiger partial charge >= 0.3 is 12.1 Å². The Hall–Kier alpha value is -0.840. The van der Waals surface area contributed by atoms with E-state index in [1.807, 2.05) is 0 Å². The number of nitrogens with one attached hydrogen (secondary N) is 1. The normalized spacial score (nSPS) is 22.1. The summed E-state index contributed by atoms with van der Waals surface area (Å²) in [7, 11) is 0. The van der Waals surface area contributed by atoms with Gasteiger partial charge in [-0.1, -0.05) is 15.9 Å². The molecule has 0 atom stereocenters. The van der Waals surface area contributed by atoms with Crippen molar-refractivity contribution in [1.82, 2.24) is 5.32 Å². The minimum atomic E-state index is -0.731. The lowest BCUT2D eigenvalue weighted by Crippen LogP contribution is -2.10. The quantitative estimate of drug-likeness (QED) is 0.345. The molecule has 0 aromatic heterocycles. The van der Waals surface area contributed by atoms with Crippen molar-refractivity contribution in [3.63, 3.8) is 0 Å². The molecule has 1 N–H and O–H groups in total. The van der Waals surface area contributed by atoms with E-state index in [4.69, 9.17) is 0 Å². The Morgan fingerprint density at radius 2 is 2.22 bits per heavy atom. The summed E-state index contributed by atoms with van der Waals surface area (Å²) in [6.45, 7) is 0. The molecule has 0 unspecified atom stereocenters. The number of hydrogen-bond donors (Lipinski definition) is 1. The third-order valence-electron chi connectivity index (χ3n) is 0.751. The Morgan fingerprint density at radius 1 is 1.56 bits per heavy atom. The van der Waals surface area contributed by atoms with Crippen LogP contribution >= 0.6 is 15.9 Å². The summed E-state index contributed by atoms with van der Waals surface area (Å²) >= 11 is 2.87. The van der Waals surface area contributed by atoms with Crippen LogP contribution in [-0.4, -0.2) is 12.1 Å². The van der Waals surface area contributed by atoms with Gasteiger partial charge in [0, 0.05) is 4.99 Å². The van der Waals surface area contributed by atoms with Crippen LogP contribution < -0.4 is 5.32 Å². The highest BCUT2D eigenvalue weighted by molar-refractivity contribution is 9.11. The number of ether oxygens (including phenoxy) is 1. The van der Waals surface area contributed by atoms with E-state index in [-0.39, 0.29) is 5.70 Å². The number of amides is 1. The molecular weight excluding hydrogens is 190 g/mol. The highest BCUT2D eigenvalue weighted by Crippen LogP contribution is 2.04. The van der Waals surface area contributed by atoms with Crippen molar-refractivity contribution in [2.45, 2.75) is 0 Å². The first-order valence-corrected chi connectivity index (χ1v) is 2.99. The number of cyclic esters (lactones) is 2. The van der Waals surface area contributed by atoms with Gasteiger partial charge in [0.1, 0.15) is 5.70 Å². The third-order valence-corrected chi connectivity index (χ3v) is 1.21. The van der Waals surface area contributed by atoms with Crippen LogP contribution in [0.1, 0.15) is 0 Å². The van der Waals surface area contributed by atoms with Crippen molar-refractivity contribution in [3.05, 3.63) is 10.7 Å². The van der Waals surface area contributed by atoms with Gasteiger partial charge in [-0.2, -0.15) is 0 Å². The number of esters is 1. The fourth-order valence-corrected chi connectivity index (χ4v) is 0.699. The van der Waals surface area contributed by atoms with Gasteiger partial charge in [-0.15, -0.1) is 0 Å². The Balaban J connectivity index is 2.81. The zero-order chi connectivity index (χ0) is 6.85. The molecule has 1 saturated heterocycles. The minimum Gasteiger partial charge on any atom is -0.371 e. The van der Waals surface area contributed by atoms with Gasteiger partial charge in [0.05, 0.1) is 0 Å². The van der Waals surface area contributed by atoms with Gasteiger partial charge in [-0.3, -0.25) is 5.32 Å². The molecule has 48 valence electrons. The van der Waals surface area contributed by atoms with Crippen molar-refractivity contribution < 1.29 is 14.3 Å². The maximum absolute atomic E-state index is 10.4. The summed E-state index contributed by atoms with van der Waals surface area (Å²) in [4.78, 5) is 21.9. The molecule has 1 heterocycles. The lowest BCUT2D eigenvalue weighted by Gasteiger charge is -1.81. The number of alkyl carbamates (subject to hydrolysis) is 1. The molecule has 1 amide bonds. The van der Waals surface area contributed by atoms with Crippen LogP contribution in [0.5, 0.6) is 0 Å². The first-order chi connectivity index (χ1) is 4.24. The molecule has 1 aliphatic rings. The van der Waals surface area contributed by atoms with Gasteiger partial charge < -0.3 is 4.74 Å². The molecule has 1 fully saturated rings. The van der Waals surface area contributed by atoms with Gasteiger partial charge in [0.15, 0.2) is 0 Å². The molecule has 4 nitrogen and oxygen atoms in total. The fraction of sp³-hybridized carbons (Fsp3) is 0. The molecule has 9 heavy (non-hydrogen) atoms. The lowest BCUT2D eigenvalue weighted by molar-refractivity contribution is -0.130. The van der Waals surface area contributed by atoms with Crippen molar-refractivity contribution in [2.24, 2.45) is 0 Å². The van der Waals surface area contributed by atoms with Gasteiger partial charge in [-0.25, -0.2) is 9.59 Å². The zero-order valence-corrected chi connectivity index (χ0v) is 5.77. The van der Waals surface area contributed by atoms with E-state index in [1.54, 1.807) is 0 Å². The highest BCUT2D eigenvalue weighted by Gasteiger charge is 2.25. The molecule has 0 spiro atoms. The average molecular weight is 192 g/mol. The first kappa shape index (κ1) is 6.28. The van der Waals surface area contributed by atoms with E-state index in [9.17, 15) is 9.59 Å². The Morgan fingerprint density at radius 3 is 2.44 bits per heavy atom. The largest absolute Gasteiger partial charge is 0.419 e. The lowest BCUT2D eigenvalue weighted by atomic mass is 10.5. The monoisotopic (exact) mass is 191 g/mol. The molecular formula is C4H2BrNO3. The smallest absolute Gasteiger partial charge is 0.371 e. The standard InChI is InChI=1S/C4H2BrNO3/c5-1-2-3(7)9-4(8)6-2/h1H,(H,6,8)/b2-1-. The van der Waals surface area contributed by atoms with E-state index in [0.29, 0.717) is 0 Å². The van der Waals surface area contributed by atoms with E-state index >= 15 is 0 Å². The number of rotatable bonds is 0. The van der Waals surface area contributed by atoms with Crippen LogP contribution in [0.2, 0.25) is 0 Å². The molecule has 0 aliphatic carbocycles. The summed E-state index contributed by atoms with van der Waals surface area (Å²) < 4.78 is 4.08. The second-order valence-corrected chi connectivity index (χ2v) is 1.78. The predicted molar refractivity (Wildman–Crippen MR) is 31.6 cm³/mol. The number of carbonyl (C=O) groups is 2. The summed E-state index contributed by atoms with van der Waals surface area (Å²) in [5.41, 5.74) is 0.125. The third kappa shape index (κ3) is 1.10. The number of carbonyl (C=O) groups excluding carboxylic acids is 2. The van der Waals surface area contributed by atoms with Gasteiger partial charge in [-0.05, 0) is 0 Å². The molecule has 5 heteroatoms. The maximum Gasteiger partial charge on any atom is 0.419 e. The van der Waals surface area contributed by atoms with Crippen molar-refractivity contribution in [1.29, 1.82) is 0 Å². The molecule has 1 aliphatic heterocycles. The van der Waals surface area contributed by atoms with Crippen LogP contribution in [0.15, 0.2) is 10.7 Å². The molecule has 0 aromatic carbocycles. The van der Waals surface area contributed by atoms with Crippen LogP contribution in [-0.2, 0) is 9.53 Å². The fourth-order valence-electron chi connectivity index (χ4n) is 0.397. The summed E-state index contributed by atoms with van der Waals surface area (Å²) in [6.07, 6.45) is -0.731. The minimum absolute atomic E-state index is 0.125. The van der Waals surface area contributed by atoms with Crippen molar-refractivity contribution >= 4 is 28.0 Å². The summed E-state index contributed by atoms with van der Waals surface area (Å²) in [6, 6.07) is 0. The van der Waals surface area contributed by atoms with Crippen LogP contribution in [0.3, 0.4) is 0 Å². The van der Waals surface area contributed by atoms with Crippen LogP contribution in [0, 0.1) is 0 Å². The predicted octanol–water partition coefficient (Wildman–Crippen LogP) is 0.489. The molecule has 1 rings (SSSR count). The molecule has 0 bridgehead atoms. The van der Waals surface area contributed by atoms with Gasteiger partial charge in [0.2, 0.25) is 0 Å². The highest BCUT2D eigenvalue weighted by atomic mass is 79.9. The Bertz CT molecular complexity index is 198. The number of halogens is 1. The number of hydrogen-bond acceptors (Lipinski definition) is 3. The van der Waals surface area contributed by atoms with E-state index < -0.39 is 12.1 Å². The second kappa shape index (κ2) is 2.18.